The van der Waals surface area contributed by atoms with E-state index in [4.69, 9.17) is 0 Å². The summed E-state index contributed by atoms with van der Waals surface area (Å²) in [6, 6.07) is 20.4. The molecule has 0 fully saturated rings. The molecule has 3 aromatic rings. The molecule has 0 bridgehead atoms. The van der Waals surface area contributed by atoms with Gasteiger partial charge in [0.15, 0.2) is 0 Å². The second kappa shape index (κ2) is 5.28. The van der Waals surface area contributed by atoms with Crippen LogP contribution in [0.2, 0.25) is 0 Å². The lowest BCUT2D eigenvalue weighted by Crippen LogP contribution is -2.06. The third-order valence-corrected chi connectivity index (χ3v) is 5.25. The maximum Gasteiger partial charge on any atom is -0.00131 e. The van der Waals surface area contributed by atoms with Crippen LogP contribution in [0.25, 0.3) is 21.9 Å². The molecule has 0 radical (unpaired) electrons. The first-order valence-corrected chi connectivity index (χ1v) is 8.46. The van der Waals surface area contributed by atoms with Crippen molar-refractivity contribution in [3.63, 3.8) is 0 Å². The maximum atomic E-state index is 2.35. The number of hydrogen-bond acceptors (Lipinski definition) is 0. The zero-order valence-corrected chi connectivity index (χ0v) is 13.4. The lowest BCUT2D eigenvalue weighted by Gasteiger charge is -2.26. The third-order valence-electron chi connectivity index (χ3n) is 5.25. The van der Waals surface area contributed by atoms with Crippen LogP contribution in [-0.4, -0.2) is 0 Å². The average molecular weight is 286 g/mol. The molecule has 0 spiro atoms. The molecular weight excluding hydrogens is 264 g/mol. The van der Waals surface area contributed by atoms with Gasteiger partial charge in [-0.05, 0) is 63.8 Å². The minimum atomic E-state index is 0.662. The van der Waals surface area contributed by atoms with Gasteiger partial charge in [0, 0.05) is 0 Å². The lowest BCUT2D eigenvalue weighted by molar-refractivity contribution is 0.642. The van der Waals surface area contributed by atoms with E-state index < -0.39 is 0 Å². The van der Waals surface area contributed by atoms with Crippen molar-refractivity contribution < 1.29 is 0 Å². The van der Waals surface area contributed by atoms with Crippen molar-refractivity contribution in [2.45, 2.75) is 39.0 Å². The van der Waals surface area contributed by atoms with Crippen molar-refractivity contribution in [2.75, 3.05) is 0 Å². The molecule has 0 amide bonds. The largest absolute Gasteiger partial charge is 0.0648 e. The van der Waals surface area contributed by atoms with Crippen LogP contribution in [0, 0.1) is 0 Å². The van der Waals surface area contributed by atoms with Gasteiger partial charge in [0.25, 0.3) is 0 Å². The Morgan fingerprint density at radius 2 is 1.50 bits per heavy atom. The van der Waals surface area contributed by atoms with Gasteiger partial charge in [-0.25, -0.2) is 0 Å². The van der Waals surface area contributed by atoms with Gasteiger partial charge in [0.1, 0.15) is 0 Å². The van der Waals surface area contributed by atoms with Crippen molar-refractivity contribution >= 4 is 10.8 Å². The summed E-state index contributed by atoms with van der Waals surface area (Å²) in [5.74, 6) is 0.662. The molecule has 110 valence electrons. The second-order valence-electron chi connectivity index (χ2n) is 6.39. The van der Waals surface area contributed by atoms with E-state index in [-0.39, 0.29) is 0 Å². The fraction of sp³-hybridized carbons (Fsp3) is 0.273. The molecule has 1 aliphatic carbocycles. The van der Waals surface area contributed by atoms with E-state index >= 15 is 0 Å². The van der Waals surface area contributed by atoms with Gasteiger partial charge in [-0.1, -0.05) is 68.4 Å². The van der Waals surface area contributed by atoms with Crippen molar-refractivity contribution in [2.24, 2.45) is 0 Å². The zero-order chi connectivity index (χ0) is 15.1. The summed E-state index contributed by atoms with van der Waals surface area (Å²) in [6.45, 7) is 4.62. The summed E-state index contributed by atoms with van der Waals surface area (Å²) >= 11 is 0. The summed E-state index contributed by atoms with van der Waals surface area (Å²) in [5, 5.41) is 2.84. The van der Waals surface area contributed by atoms with E-state index in [1.165, 1.54) is 45.9 Å². The van der Waals surface area contributed by atoms with E-state index in [0.717, 1.165) is 6.42 Å². The summed E-state index contributed by atoms with van der Waals surface area (Å²) in [6.07, 6.45) is 3.49. The van der Waals surface area contributed by atoms with Crippen LogP contribution in [-0.2, 0) is 6.42 Å². The SMILES string of the molecule is CCC(CC)c1cccc2c1-c1cccc3cccc(c13)C2. The van der Waals surface area contributed by atoms with Crippen LogP contribution in [0.1, 0.15) is 49.3 Å². The van der Waals surface area contributed by atoms with Crippen molar-refractivity contribution in [3.8, 4) is 11.1 Å². The molecule has 0 saturated carbocycles. The fourth-order valence-corrected chi connectivity index (χ4v) is 4.14. The van der Waals surface area contributed by atoms with Crippen LogP contribution in [0.4, 0.5) is 0 Å². The van der Waals surface area contributed by atoms with E-state index in [0.29, 0.717) is 5.92 Å². The van der Waals surface area contributed by atoms with E-state index in [1.807, 2.05) is 0 Å². The molecule has 0 nitrogen and oxygen atoms in total. The first-order chi connectivity index (χ1) is 10.8. The molecule has 0 aliphatic heterocycles. The predicted octanol–water partition coefficient (Wildman–Crippen LogP) is 6.31. The van der Waals surface area contributed by atoms with Crippen LogP contribution in [0.3, 0.4) is 0 Å². The molecule has 0 aromatic heterocycles. The Morgan fingerprint density at radius 1 is 0.818 bits per heavy atom. The summed E-state index contributed by atoms with van der Waals surface area (Å²) < 4.78 is 0. The van der Waals surface area contributed by atoms with Gasteiger partial charge < -0.3 is 0 Å². The average Bonchev–Trinajstić information content (AvgIpc) is 2.56. The minimum absolute atomic E-state index is 0.662. The molecule has 0 atom stereocenters. The zero-order valence-electron chi connectivity index (χ0n) is 13.4. The van der Waals surface area contributed by atoms with Crippen LogP contribution >= 0.6 is 0 Å². The Labute approximate surface area is 132 Å². The van der Waals surface area contributed by atoms with Crippen molar-refractivity contribution in [3.05, 3.63) is 71.3 Å². The Balaban J connectivity index is 2.07. The topological polar surface area (TPSA) is 0 Å². The predicted molar refractivity (Wildman–Crippen MR) is 95.5 cm³/mol. The number of benzene rings is 3. The molecule has 0 heterocycles. The molecule has 0 saturated heterocycles. The molecule has 0 N–H and O–H groups in total. The quantitative estimate of drug-likeness (QED) is 0.413. The molecule has 4 rings (SSSR count). The van der Waals surface area contributed by atoms with Crippen molar-refractivity contribution in [1.29, 1.82) is 0 Å². The number of fused-ring (bicyclic) bond motifs is 2. The highest BCUT2D eigenvalue weighted by atomic mass is 14.3. The van der Waals surface area contributed by atoms with Gasteiger partial charge in [0.2, 0.25) is 0 Å². The summed E-state index contributed by atoms with van der Waals surface area (Å²) in [4.78, 5) is 0. The minimum Gasteiger partial charge on any atom is -0.0648 e. The van der Waals surface area contributed by atoms with Crippen LogP contribution in [0.5, 0.6) is 0 Å². The second-order valence-corrected chi connectivity index (χ2v) is 6.39. The number of rotatable bonds is 3. The molecule has 22 heavy (non-hydrogen) atoms. The van der Waals surface area contributed by atoms with Gasteiger partial charge in [-0.15, -0.1) is 0 Å². The first-order valence-electron chi connectivity index (χ1n) is 8.46. The lowest BCUT2D eigenvalue weighted by atomic mass is 9.78. The standard InChI is InChI=1S/C22H22/c1-3-15(4-2)19-12-7-11-18-14-17-10-5-8-16-9-6-13-20(21(16)17)22(18)19/h5-13,15H,3-4,14H2,1-2H3. The van der Waals surface area contributed by atoms with E-state index in [2.05, 4.69) is 68.4 Å². The summed E-state index contributed by atoms with van der Waals surface area (Å²) in [7, 11) is 0. The normalized spacial score (nSPS) is 12.7. The highest BCUT2D eigenvalue weighted by Gasteiger charge is 2.22. The smallest absolute Gasteiger partial charge is 0.00131 e. The van der Waals surface area contributed by atoms with Gasteiger partial charge in [-0.2, -0.15) is 0 Å². The summed E-state index contributed by atoms with van der Waals surface area (Å²) in [5.41, 5.74) is 7.47. The monoisotopic (exact) mass is 286 g/mol. The Bertz CT molecular complexity index is 833. The van der Waals surface area contributed by atoms with Gasteiger partial charge >= 0.3 is 0 Å². The molecule has 1 aliphatic rings. The molecule has 0 unspecified atom stereocenters. The van der Waals surface area contributed by atoms with Gasteiger partial charge in [0.05, 0.1) is 0 Å². The van der Waals surface area contributed by atoms with Crippen molar-refractivity contribution in [1.82, 2.24) is 0 Å². The Hall–Kier alpha value is -2.08. The van der Waals surface area contributed by atoms with E-state index in [9.17, 15) is 0 Å². The first kappa shape index (κ1) is 13.6. The molecular formula is C22H22. The van der Waals surface area contributed by atoms with Crippen LogP contribution in [0.15, 0.2) is 54.6 Å². The Kier molecular flexibility index (Phi) is 3.26. The highest BCUT2D eigenvalue weighted by molar-refractivity contribution is 6.02. The van der Waals surface area contributed by atoms with Gasteiger partial charge in [-0.3, -0.25) is 0 Å². The maximum absolute atomic E-state index is 2.35. The molecule has 0 heteroatoms. The van der Waals surface area contributed by atoms with E-state index in [1.54, 1.807) is 5.56 Å². The highest BCUT2D eigenvalue weighted by Crippen LogP contribution is 2.43. The molecule has 3 aromatic carbocycles. The number of hydrogen-bond donors (Lipinski definition) is 0. The third kappa shape index (κ3) is 1.90. The fourth-order valence-electron chi connectivity index (χ4n) is 4.14. The van der Waals surface area contributed by atoms with Crippen LogP contribution < -0.4 is 0 Å². The Morgan fingerprint density at radius 3 is 2.27 bits per heavy atom.